The summed E-state index contributed by atoms with van der Waals surface area (Å²) in [4.78, 5) is 0. The molecule has 2 heteroatoms. The molecule has 4 unspecified atom stereocenters. The summed E-state index contributed by atoms with van der Waals surface area (Å²) in [5.41, 5.74) is 0. The second-order valence-corrected chi connectivity index (χ2v) is 6.63. The van der Waals surface area contributed by atoms with Gasteiger partial charge in [0.15, 0.2) is 0 Å². The van der Waals surface area contributed by atoms with Gasteiger partial charge in [0.05, 0.1) is 6.10 Å². The lowest BCUT2D eigenvalue weighted by molar-refractivity contribution is 0.0788. The van der Waals surface area contributed by atoms with Crippen molar-refractivity contribution < 1.29 is 4.74 Å². The van der Waals surface area contributed by atoms with Crippen molar-refractivity contribution in [2.45, 2.75) is 83.8 Å². The number of ether oxygens (including phenoxy) is 1. The molecular formula is C17H33NO. The van der Waals surface area contributed by atoms with Crippen LogP contribution in [0.4, 0.5) is 0 Å². The first kappa shape index (κ1) is 15.3. The molecule has 1 aliphatic carbocycles. The van der Waals surface area contributed by atoms with Gasteiger partial charge >= 0.3 is 0 Å². The molecule has 0 bridgehead atoms. The molecule has 0 aromatic carbocycles. The average Bonchev–Trinajstić information content (AvgIpc) is 2.96. The summed E-state index contributed by atoms with van der Waals surface area (Å²) in [7, 11) is 0. The summed E-state index contributed by atoms with van der Waals surface area (Å²) in [6.07, 6.45) is 12.8. The minimum absolute atomic E-state index is 0.538. The minimum atomic E-state index is 0.538. The molecule has 2 nitrogen and oxygen atoms in total. The Balaban J connectivity index is 1.87. The largest absolute Gasteiger partial charge is 0.378 e. The maximum absolute atomic E-state index is 5.87. The van der Waals surface area contributed by atoms with E-state index in [1.165, 1.54) is 64.3 Å². The van der Waals surface area contributed by atoms with Gasteiger partial charge in [-0.05, 0) is 56.9 Å². The summed E-state index contributed by atoms with van der Waals surface area (Å²) < 4.78 is 5.87. The van der Waals surface area contributed by atoms with E-state index in [4.69, 9.17) is 4.74 Å². The molecule has 1 heterocycles. The van der Waals surface area contributed by atoms with Gasteiger partial charge in [0, 0.05) is 12.6 Å². The Labute approximate surface area is 119 Å². The van der Waals surface area contributed by atoms with Crippen molar-refractivity contribution in [1.82, 2.24) is 5.32 Å². The van der Waals surface area contributed by atoms with E-state index in [-0.39, 0.29) is 0 Å². The lowest BCUT2D eigenvalue weighted by Gasteiger charge is -2.36. The molecule has 0 radical (unpaired) electrons. The van der Waals surface area contributed by atoms with E-state index in [2.05, 4.69) is 19.2 Å². The molecule has 2 rings (SSSR count). The lowest BCUT2D eigenvalue weighted by atomic mass is 9.75. The zero-order valence-corrected chi connectivity index (χ0v) is 13.0. The summed E-state index contributed by atoms with van der Waals surface area (Å²) in [5.74, 6) is 1.88. The van der Waals surface area contributed by atoms with Gasteiger partial charge in [-0.15, -0.1) is 0 Å². The minimum Gasteiger partial charge on any atom is -0.378 e. The van der Waals surface area contributed by atoms with E-state index in [1.54, 1.807) is 0 Å². The highest BCUT2D eigenvalue weighted by molar-refractivity contribution is 4.85. The predicted molar refractivity (Wildman–Crippen MR) is 81.4 cm³/mol. The molecule has 19 heavy (non-hydrogen) atoms. The van der Waals surface area contributed by atoms with E-state index in [0.29, 0.717) is 12.1 Å². The van der Waals surface area contributed by atoms with Crippen molar-refractivity contribution in [1.29, 1.82) is 0 Å². The van der Waals surface area contributed by atoms with Crippen LogP contribution in [-0.2, 0) is 4.74 Å². The van der Waals surface area contributed by atoms with Crippen molar-refractivity contribution in [3.63, 3.8) is 0 Å². The van der Waals surface area contributed by atoms with Crippen LogP contribution in [-0.4, -0.2) is 25.3 Å². The third-order valence-corrected chi connectivity index (χ3v) is 5.17. The Morgan fingerprint density at radius 3 is 2.74 bits per heavy atom. The standard InChI is InChI=1S/C17H33NO/c1-3-10-18-17(13-16-9-6-11-19-16)15-8-5-7-14(4-2)12-15/h14-18H,3-13H2,1-2H3. The van der Waals surface area contributed by atoms with Crippen LogP contribution in [0.25, 0.3) is 0 Å². The van der Waals surface area contributed by atoms with Gasteiger partial charge < -0.3 is 10.1 Å². The second-order valence-electron chi connectivity index (χ2n) is 6.63. The first-order valence-electron chi connectivity index (χ1n) is 8.68. The monoisotopic (exact) mass is 267 g/mol. The highest BCUT2D eigenvalue weighted by Crippen LogP contribution is 2.35. The van der Waals surface area contributed by atoms with Gasteiger partial charge in [0.2, 0.25) is 0 Å². The molecular weight excluding hydrogens is 234 g/mol. The second kappa shape index (κ2) is 8.26. The van der Waals surface area contributed by atoms with E-state index in [0.717, 1.165) is 18.4 Å². The molecule has 2 aliphatic rings. The Hall–Kier alpha value is -0.0800. The van der Waals surface area contributed by atoms with Crippen LogP contribution in [0.3, 0.4) is 0 Å². The SMILES string of the molecule is CCCNC(CC1CCCO1)C1CCCC(CC)C1. The van der Waals surface area contributed by atoms with Crippen molar-refractivity contribution >= 4 is 0 Å². The van der Waals surface area contributed by atoms with Gasteiger partial charge in [0.25, 0.3) is 0 Å². The van der Waals surface area contributed by atoms with Crippen LogP contribution < -0.4 is 5.32 Å². The lowest BCUT2D eigenvalue weighted by Crippen LogP contribution is -2.41. The van der Waals surface area contributed by atoms with Crippen molar-refractivity contribution in [2.24, 2.45) is 11.8 Å². The molecule has 1 saturated heterocycles. The molecule has 0 amide bonds. The van der Waals surface area contributed by atoms with Gasteiger partial charge in [-0.2, -0.15) is 0 Å². The van der Waals surface area contributed by atoms with E-state index < -0.39 is 0 Å². The van der Waals surface area contributed by atoms with Crippen LogP contribution in [0.1, 0.15) is 71.6 Å². The Bertz CT molecular complexity index is 237. The topological polar surface area (TPSA) is 21.3 Å². The number of rotatable bonds is 7. The van der Waals surface area contributed by atoms with Gasteiger partial charge in [-0.3, -0.25) is 0 Å². The Kier molecular flexibility index (Phi) is 6.66. The van der Waals surface area contributed by atoms with Crippen LogP contribution >= 0.6 is 0 Å². The van der Waals surface area contributed by atoms with E-state index in [1.807, 2.05) is 0 Å². The molecule has 0 aromatic rings. The fourth-order valence-corrected chi connectivity index (χ4v) is 3.95. The van der Waals surface area contributed by atoms with Crippen molar-refractivity contribution in [3.8, 4) is 0 Å². The van der Waals surface area contributed by atoms with E-state index in [9.17, 15) is 0 Å². The van der Waals surface area contributed by atoms with Crippen LogP contribution in [0.15, 0.2) is 0 Å². The molecule has 112 valence electrons. The zero-order valence-electron chi connectivity index (χ0n) is 13.0. The highest BCUT2D eigenvalue weighted by Gasteiger charge is 2.30. The zero-order chi connectivity index (χ0) is 13.5. The maximum atomic E-state index is 5.87. The van der Waals surface area contributed by atoms with Crippen LogP contribution in [0, 0.1) is 11.8 Å². The third-order valence-electron chi connectivity index (χ3n) is 5.17. The third kappa shape index (κ3) is 4.75. The fraction of sp³-hybridized carbons (Fsp3) is 1.00. The predicted octanol–water partition coefficient (Wildman–Crippen LogP) is 4.14. The normalized spacial score (nSPS) is 33.5. The van der Waals surface area contributed by atoms with Gasteiger partial charge in [-0.25, -0.2) is 0 Å². The summed E-state index contributed by atoms with van der Waals surface area (Å²) in [6.45, 7) is 6.80. The maximum Gasteiger partial charge on any atom is 0.0590 e. The molecule has 0 aromatic heterocycles. The average molecular weight is 267 g/mol. The first-order chi connectivity index (χ1) is 9.33. The molecule has 1 N–H and O–H groups in total. The summed E-state index contributed by atoms with van der Waals surface area (Å²) in [6, 6.07) is 0.706. The number of hydrogen-bond acceptors (Lipinski definition) is 2. The summed E-state index contributed by atoms with van der Waals surface area (Å²) in [5, 5.41) is 3.83. The molecule has 0 spiro atoms. The molecule has 4 atom stereocenters. The van der Waals surface area contributed by atoms with Crippen molar-refractivity contribution in [2.75, 3.05) is 13.2 Å². The Morgan fingerprint density at radius 1 is 1.16 bits per heavy atom. The van der Waals surface area contributed by atoms with Gasteiger partial charge in [0.1, 0.15) is 0 Å². The van der Waals surface area contributed by atoms with Gasteiger partial charge in [-0.1, -0.05) is 33.1 Å². The summed E-state index contributed by atoms with van der Waals surface area (Å²) >= 11 is 0. The smallest absolute Gasteiger partial charge is 0.0590 e. The Morgan fingerprint density at radius 2 is 2.05 bits per heavy atom. The highest BCUT2D eigenvalue weighted by atomic mass is 16.5. The number of hydrogen-bond donors (Lipinski definition) is 1. The molecule has 1 aliphatic heterocycles. The number of nitrogens with one attached hydrogen (secondary N) is 1. The first-order valence-corrected chi connectivity index (χ1v) is 8.68. The molecule has 1 saturated carbocycles. The fourth-order valence-electron chi connectivity index (χ4n) is 3.95. The van der Waals surface area contributed by atoms with Crippen LogP contribution in [0.5, 0.6) is 0 Å². The van der Waals surface area contributed by atoms with Crippen molar-refractivity contribution in [3.05, 3.63) is 0 Å². The van der Waals surface area contributed by atoms with Crippen LogP contribution in [0.2, 0.25) is 0 Å². The van der Waals surface area contributed by atoms with E-state index >= 15 is 0 Å². The quantitative estimate of drug-likeness (QED) is 0.748. The molecule has 2 fully saturated rings.